The molecule has 0 fully saturated rings. The van der Waals surface area contributed by atoms with E-state index in [-0.39, 0.29) is 29.1 Å². The highest BCUT2D eigenvalue weighted by molar-refractivity contribution is 7.80. The minimum atomic E-state index is -0.364. The summed E-state index contributed by atoms with van der Waals surface area (Å²) in [6, 6.07) is 23.1. The summed E-state index contributed by atoms with van der Waals surface area (Å²) in [7, 11) is 0. The van der Waals surface area contributed by atoms with Crippen LogP contribution in [-0.4, -0.2) is 16.9 Å². The van der Waals surface area contributed by atoms with E-state index in [9.17, 15) is 9.59 Å². The van der Waals surface area contributed by atoms with Gasteiger partial charge in [-0.1, -0.05) is 48.0 Å². The molecule has 0 saturated carbocycles. The Labute approximate surface area is 194 Å². The van der Waals surface area contributed by atoms with Gasteiger partial charge in [-0.15, -0.1) is 0 Å². The molecule has 4 aromatic rings. The van der Waals surface area contributed by atoms with E-state index in [1.165, 1.54) is 0 Å². The number of carbonyl (C=O) groups excluding carboxylic acids is 2. The van der Waals surface area contributed by atoms with E-state index in [2.05, 4.69) is 16.0 Å². The Balaban J connectivity index is 1.34. The summed E-state index contributed by atoms with van der Waals surface area (Å²) in [4.78, 5) is 24.7. The van der Waals surface area contributed by atoms with Crippen LogP contribution in [-0.2, 0) is 11.2 Å². The third-order valence-corrected chi connectivity index (χ3v) is 5.01. The van der Waals surface area contributed by atoms with Gasteiger partial charge in [0.25, 0.3) is 5.91 Å². The van der Waals surface area contributed by atoms with Crippen LogP contribution in [0.4, 0.5) is 11.4 Å². The van der Waals surface area contributed by atoms with E-state index in [0.717, 1.165) is 10.9 Å². The second kappa shape index (κ2) is 9.64. The number of nitrogens with one attached hydrogen (secondary N) is 3. The van der Waals surface area contributed by atoms with E-state index in [4.69, 9.17) is 28.2 Å². The van der Waals surface area contributed by atoms with Crippen molar-refractivity contribution in [3.8, 4) is 0 Å². The van der Waals surface area contributed by atoms with Crippen molar-refractivity contribution in [2.45, 2.75) is 6.42 Å². The van der Waals surface area contributed by atoms with E-state index in [1.807, 2.05) is 18.2 Å². The summed E-state index contributed by atoms with van der Waals surface area (Å²) in [5, 5.41) is 10.0. The molecule has 2 amide bonds. The molecule has 0 atom stereocenters. The number of para-hydroxylation sites is 1. The van der Waals surface area contributed by atoms with Gasteiger partial charge in [0.1, 0.15) is 5.58 Å². The molecule has 0 saturated heterocycles. The number of fused-ring (bicyclic) bond motifs is 1. The first kappa shape index (κ1) is 21.5. The lowest BCUT2D eigenvalue weighted by Crippen LogP contribution is -2.35. The molecule has 3 aromatic carbocycles. The molecule has 0 unspecified atom stereocenters. The van der Waals surface area contributed by atoms with Crippen molar-refractivity contribution in [3.05, 3.63) is 95.2 Å². The van der Waals surface area contributed by atoms with Crippen LogP contribution in [0.25, 0.3) is 11.0 Å². The summed E-state index contributed by atoms with van der Waals surface area (Å²) >= 11 is 11.1. The zero-order valence-corrected chi connectivity index (χ0v) is 18.3. The topological polar surface area (TPSA) is 83.4 Å². The number of amides is 2. The highest BCUT2D eigenvalue weighted by atomic mass is 35.5. The summed E-state index contributed by atoms with van der Waals surface area (Å²) in [6.07, 6.45) is 0.173. The molecule has 32 heavy (non-hydrogen) atoms. The quantitative estimate of drug-likeness (QED) is 0.345. The Kier molecular flexibility index (Phi) is 6.49. The van der Waals surface area contributed by atoms with Crippen molar-refractivity contribution >= 4 is 63.1 Å². The third-order valence-electron chi connectivity index (χ3n) is 4.56. The van der Waals surface area contributed by atoms with E-state index >= 15 is 0 Å². The Morgan fingerprint density at radius 1 is 0.875 bits per heavy atom. The number of hydrogen-bond donors (Lipinski definition) is 3. The maximum Gasteiger partial charge on any atom is 0.291 e. The Hall–Kier alpha value is -3.68. The smallest absolute Gasteiger partial charge is 0.291 e. The summed E-state index contributed by atoms with van der Waals surface area (Å²) in [5.41, 5.74) is 2.64. The average molecular weight is 464 g/mol. The van der Waals surface area contributed by atoms with Crippen molar-refractivity contribution in [3.63, 3.8) is 0 Å². The zero-order valence-electron chi connectivity index (χ0n) is 16.7. The Bertz CT molecular complexity index is 1270. The fraction of sp³-hybridized carbons (Fsp3) is 0.0417. The maximum absolute atomic E-state index is 12.5. The monoisotopic (exact) mass is 463 g/mol. The largest absolute Gasteiger partial charge is 0.451 e. The molecule has 4 rings (SSSR count). The van der Waals surface area contributed by atoms with E-state index < -0.39 is 0 Å². The first-order valence-electron chi connectivity index (χ1n) is 9.71. The minimum Gasteiger partial charge on any atom is -0.451 e. The lowest BCUT2D eigenvalue weighted by molar-refractivity contribution is -0.119. The van der Waals surface area contributed by atoms with Gasteiger partial charge in [-0.2, -0.15) is 0 Å². The highest BCUT2D eigenvalue weighted by Gasteiger charge is 2.13. The van der Waals surface area contributed by atoms with Gasteiger partial charge < -0.3 is 20.4 Å². The van der Waals surface area contributed by atoms with Gasteiger partial charge in [-0.3, -0.25) is 9.59 Å². The molecule has 1 heterocycles. The first-order valence-corrected chi connectivity index (χ1v) is 10.5. The Morgan fingerprint density at radius 2 is 1.59 bits per heavy atom. The fourth-order valence-electron chi connectivity index (χ4n) is 3.08. The van der Waals surface area contributed by atoms with Crippen molar-refractivity contribution in [2.24, 2.45) is 0 Å². The Morgan fingerprint density at radius 3 is 2.34 bits per heavy atom. The lowest BCUT2D eigenvalue weighted by Gasteiger charge is -2.11. The van der Waals surface area contributed by atoms with Gasteiger partial charge in [0.15, 0.2) is 10.9 Å². The van der Waals surface area contributed by atoms with Gasteiger partial charge >= 0.3 is 0 Å². The van der Waals surface area contributed by atoms with E-state index in [1.54, 1.807) is 60.7 Å². The normalized spacial score (nSPS) is 10.5. The van der Waals surface area contributed by atoms with Crippen molar-refractivity contribution in [2.75, 3.05) is 10.6 Å². The van der Waals surface area contributed by atoms with Crippen LogP contribution in [0.1, 0.15) is 16.1 Å². The van der Waals surface area contributed by atoms with Crippen molar-refractivity contribution < 1.29 is 14.0 Å². The van der Waals surface area contributed by atoms with Crippen molar-refractivity contribution in [1.82, 2.24) is 5.32 Å². The number of furan rings is 1. The van der Waals surface area contributed by atoms with Crippen LogP contribution in [0.5, 0.6) is 0 Å². The molecular weight excluding hydrogens is 446 g/mol. The number of halogens is 1. The SMILES string of the molecule is O=C(Cc1ccc(Cl)cc1)NC(=S)Nc1cccc(NC(=O)c2cc3ccccc3o2)c1. The number of carbonyl (C=O) groups is 2. The minimum absolute atomic E-state index is 0.157. The standard InChI is InChI=1S/C24H18ClN3O3S/c25-17-10-8-15(9-11-17)12-22(29)28-24(32)27-19-6-3-5-18(14-19)26-23(30)21-13-16-4-1-2-7-20(16)31-21/h1-11,13-14H,12H2,(H,26,30)(H2,27,28,29,32). The van der Waals surface area contributed by atoms with Crippen LogP contribution in [0.2, 0.25) is 5.02 Å². The summed E-state index contributed by atoms with van der Waals surface area (Å²) in [6.45, 7) is 0. The van der Waals surface area contributed by atoms with Gasteiger partial charge in [0.2, 0.25) is 5.91 Å². The van der Waals surface area contributed by atoms with Crippen LogP contribution in [0, 0.1) is 0 Å². The number of thiocarbonyl (C=S) groups is 1. The zero-order chi connectivity index (χ0) is 22.5. The second-order valence-electron chi connectivity index (χ2n) is 6.99. The molecule has 0 radical (unpaired) electrons. The third kappa shape index (κ3) is 5.51. The van der Waals surface area contributed by atoms with Crippen LogP contribution < -0.4 is 16.0 Å². The average Bonchev–Trinajstić information content (AvgIpc) is 3.20. The fourth-order valence-corrected chi connectivity index (χ4v) is 3.44. The molecular formula is C24H18ClN3O3S. The molecule has 0 aliphatic heterocycles. The summed E-state index contributed by atoms with van der Waals surface area (Å²) < 4.78 is 5.59. The number of anilines is 2. The molecule has 160 valence electrons. The molecule has 0 aliphatic carbocycles. The van der Waals surface area contributed by atoms with E-state index in [0.29, 0.717) is 22.0 Å². The number of hydrogen-bond acceptors (Lipinski definition) is 4. The molecule has 6 nitrogen and oxygen atoms in total. The molecule has 0 spiro atoms. The molecule has 8 heteroatoms. The maximum atomic E-state index is 12.5. The second-order valence-corrected chi connectivity index (χ2v) is 7.83. The van der Waals surface area contributed by atoms with Gasteiger partial charge in [0.05, 0.1) is 6.42 Å². The van der Waals surface area contributed by atoms with Crippen LogP contribution >= 0.6 is 23.8 Å². The molecule has 0 aliphatic rings. The lowest BCUT2D eigenvalue weighted by atomic mass is 10.1. The first-order chi connectivity index (χ1) is 15.5. The number of rotatable bonds is 5. The number of benzene rings is 3. The molecule has 0 bridgehead atoms. The van der Waals surface area contributed by atoms with Gasteiger partial charge in [0, 0.05) is 21.8 Å². The summed E-state index contributed by atoms with van der Waals surface area (Å²) in [5.74, 6) is -0.397. The van der Waals surface area contributed by atoms with Crippen LogP contribution in [0.3, 0.4) is 0 Å². The van der Waals surface area contributed by atoms with Gasteiger partial charge in [-0.05, 0) is 60.2 Å². The van der Waals surface area contributed by atoms with Gasteiger partial charge in [-0.25, -0.2) is 0 Å². The predicted molar refractivity (Wildman–Crippen MR) is 130 cm³/mol. The van der Waals surface area contributed by atoms with Crippen LogP contribution in [0.15, 0.2) is 83.3 Å². The molecule has 3 N–H and O–H groups in total. The predicted octanol–water partition coefficient (Wildman–Crippen LogP) is 5.39. The highest BCUT2D eigenvalue weighted by Crippen LogP contribution is 2.21. The van der Waals surface area contributed by atoms with Crippen molar-refractivity contribution in [1.29, 1.82) is 0 Å². The molecule has 1 aromatic heterocycles.